The van der Waals surface area contributed by atoms with E-state index < -0.39 is 11.7 Å². The summed E-state index contributed by atoms with van der Waals surface area (Å²) in [6.07, 6.45) is 0. The Morgan fingerprint density at radius 3 is 2.39 bits per heavy atom. The monoisotopic (exact) mass is 263 g/mol. The molecule has 0 atom stereocenters. The highest BCUT2D eigenvalue weighted by molar-refractivity contribution is 7.16. The van der Waals surface area contributed by atoms with E-state index in [0.717, 1.165) is 11.3 Å². The van der Waals surface area contributed by atoms with Crippen LogP contribution in [0.2, 0.25) is 0 Å². The number of ketones is 1. The molecule has 0 saturated carbocycles. The molecule has 92 valence electrons. The number of Topliss-reactive ketones (excluding diaryl/α,β-unsaturated/α-hetero) is 1. The molecular formula is C13H10FNO2S. The van der Waals surface area contributed by atoms with Gasteiger partial charge in [0.05, 0.1) is 15.4 Å². The summed E-state index contributed by atoms with van der Waals surface area (Å²) in [7, 11) is 0. The summed E-state index contributed by atoms with van der Waals surface area (Å²) >= 11 is 1.09. The highest BCUT2D eigenvalue weighted by Gasteiger charge is 2.12. The Hall–Kier alpha value is -2.01. The van der Waals surface area contributed by atoms with Gasteiger partial charge in [0, 0.05) is 0 Å². The molecule has 2 rings (SSSR count). The second-order valence-electron chi connectivity index (χ2n) is 3.65. The molecule has 0 fully saturated rings. The van der Waals surface area contributed by atoms with Crippen molar-refractivity contribution < 1.29 is 14.0 Å². The van der Waals surface area contributed by atoms with Crippen molar-refractivity contribution in [3.63, 3.8) is 0 Å². The molecule has 0 bridgehead atoms. The maximum Gasteiger partial charge on any atom is 0.265 e. The second-order valence-corrected chi connectivity index (χ2v) is 4.74. The minimum absolute atomic E-state index is 0.0926. The molecule has 0 spiro atoms. The van der Waals surface area contributed by atoms with Crippen LogP contribution in [-0.4, -0.2) is 11.7 Å². The first-order valence-corrected chi connectivity index (χ1v) is 6.06. The summed E-state index contributed by atoms with van der Waals surface area (Å²) < 4.78 is 13.3. The van der Waals surface area contributed by atoms with Crippen LogP contribution in [-0.2, 0) is 0 Å². The Morgan fingerprint density at radius 1 is 1.11 bits per heavy atom. The molecule has 1 amide bonds. The normalized spacial score (nSPS) is 10.1. The quantitative estimate of drug-likeness (QED) is 0.863. The van der Waals surface area contributed by atoms with Gasteiger partial charge in [-0.2, -0.15) is 0 Å². The number of amides is 1. The highest BCUT2D eigenvalue weighted by Crippen LogP contribution is 2.19. The van der Waals surface area contributed by atoms with Crippen LogP contribution in [0.25, 0.3) is 0 Å². The smallest absolute Gasteiger partial charge is 0.265 e. The Bertz CT molecular complexity index is 607. The van der Waals surface area contributed by atoms with Crippen molar-refractivity contribution in [2.45, 2.75) is 6.92 Å². The number of carbonyl (C=O) groups excluding carboxylic acids is 2. The molecule has 0 aliphatic rings. The molecule has 1 aromatic carbocycles. The molecule has 0 aliphatic heterocycles. The average molecular weight is 263 g/mol. The van der Waals surface area contributed by atoms with Crippen LogP contribution in [0.15, 0.2) is 36.4 Å². The van der Waals surface area contributed by atoms with Crippen molar-refractivity contribution in [2.24, 2.45) is 0 Å². The summed E-state index contributed by atoms with van der Waals surface area (Å²) in [6, 6.07) is 9.07. The number of rotatable bonds is 3. The number of para-hydroxylation sites is 1. The lowest BCUT2D eigenvalue weighted by Gasteiger charge is -2.03. The fraction of sp³-hybridized carbons (Fsp3) is 0.0769. The molecule has 0 radical (unpaired) electrons. The summed E-state index contributed by atoms with van der Waals surface area (Å²) in [4.78, 5) is 23.8. The summed E-state index contributed by atoms with van der Waals surface area (Å²) in [5.41, 5.74) is 0.125. The molecule has 2 aromatic rings. The van der Waals surface area contributed by atoms with Gasteiger partial charge in [0.1, 0.15) is 5.82 Å². The largest absolute Gasteiger partial charge is 0.319 e. The van der Waals surface area contributed by atoms with E-state index in [1.165, 1.54) is 19.1 Å². The van der Waals surface area contributed by atoms with Gasteiger partial charge in [-0.3, -0.25) is 9.59 Å². The van der Waals surface area contributed by atoms with Crippen molar-refractivity contribution in [1.82, 2.24) is 0 Å². The van der Waals surface area contributed by atoms with Crippen molar-refractivity contribution in [1.29, 1.82) is 0 Å². The van der Waals surface area contributed by atoms with E-state index in [4.69, 9.17) is 0 Å². The lowest BCUT2D eigenvalue weighted by atomic mass is 10.3. The first kappa shape index (κ1) is 12.4. The van der Waals surface area contributed by atoms with Crippen LogP contribution in [0.1, 0.15) is 26.3 Å². The zero-order valence-electron chi connectivity index (χ0n) is 9.57. The predicted octanol–water partition coefficient (Wildman–Crippen LogP) is 3.34. The van der Waals surface area contributed by atoms with E-state index in [1.807, 2.05) is 0 Å². The second kappa shape index (κ2) is 5.10. The zero-order chi connectivity index (χ0) is 13.1. The van der Waals surface area contributed by atoms with Crippen molar-refractivity contribution in [2.75, 3.05) is 5.32 Å². The van der Waals surface area contributed by atoms with E-state index in [1.54, 1.807) is 24.3 Å². The van der Waals surface area contributed by atoms with Crippen LogP contribution < -0.4 is 5.32 Å². The fourth-order valence-electron chi connectivity index (χ4n) is 1.40. The zero-order valence-corrected chi connectivity index (χ0v) is 10.4. The lowest BCUT2D eigenvalue weighted by Crippen LogP contribution is -2.11. The molecular weight excluding hydrogens is 253 g/mol. The molecule has 0 unspecified atom stereocenters. The molecule has 18 heavy (non-hydrogen) atoms. The van der Waals surface area contributed by atoms with Gasteiger partial charge in [-0.05, 0) is 31.2 Å². The van der Waals surface area contributed by atoms with Gasteiger partial charge < -0.3 is 5.32 Å². The van der Waals surface area contributed by atoms with Gasteiger partial charge >= 0.3 is 0 Å². The van der Waals surface area contributed by atoms with E-state index in [0.29, 0.717) is 9.75 Å². The summed E-state index contributed by atoms with van der Waals surface area (Å²) in [5, 5.41) is 2.46. The molecule has 1 heterocycles. The number of hydrogen-bond acceptors (Lipinski definition) is 3. The minimum Gasteiger partial charge on any atom is -0.319 e. The van der Waals surface area contributed by atoms with Crippen LogP contribution in [0.5, 0.6) is 0 Å². The number of hydrogen-bond donors (Lipinski definition) is 1. The summed E-state index contributed by atoms with van der Waals surface area (Å²) in [5.74, 6) is -1.00. The van der Waals surface area contributed by atoms with Crippen LogP contribution in [0.3, 0.4) is 0 Å². The number of carbonyl (C=O) groups is 2. The van der Waals surface area contributed by atoms with Gasteiger partial charge in [0.15, 0.2) is 5.78 Å². The molecule has 3 nitrogen and oxygen atoms in total. The Balaban J connectivity index is 2.17. The van der Waals surface area contributed by atoms with Crippen LogP contribution in [0, 0.1) is 5.82 Å². The maximum absolute atomic E-state index is 13.3. The number of halogens is 1. The third-order valence-electron chi connectivity index (χ3n) is 2.30. The molecule has 5 heteroatoms. The number of anilines is 1. The minimum atomic E-state index is -0.491. The average Bonchev–Trinajstić information content (AvgIpc) is 2.81. The molecule has 0 aliphatic carbocycles. The molecule has 1 aromatic heterocycles. The van der Waals surface area contributed by atoms with Gasteiger partial charge in [-0.1, -0.05) is 12.1 Å². The Kier molecular flexibility index (Phi) is 3.53. The fourth-order valence-corrected chi connectivity index (χ4v) is 2.19. The maximum atomic E-state index is 13.3. The summed E-state index contributed by atoms with van der Waals surface area (Å²) in [6.45, 7) is 1.43. The third kappa shape index (κ3) is 2.62. The first-order valence-electron chi connectivity index (χ1n) is 5.24. The van der Waals surface area contributed by atoms with Gasteiger partial charge in [-0.15, -0.1) is 11.3 Å². The first-order chi connectivity index (χ1) is 8.58. The van der Waals surface area contributed by atoms with Crippen molar-refractivity contribution in [3.8, 4) is 0 Å². The SMILES string of the molecule is CC(=O)c1ccc(C(=O)Nc2ccccc2F)s1. The van der Waals surface area contributed by atoms with E-state index in [2.05, 4.69) is 5.32 Å². The predicted molar refractivity (Wildman–Crippen MR) is 68.7 cm³/mol. The number of nitrogens with one attached hydrogen (secondary N) is 1. The number of thiophene rings is 1. The molecule has 1 N–H and O–H groups in total. The van der Waals surface area contributed by atoms with Gasteiger partial charge in [0.25, 0.3) is 5.91 Å². The lowest BCUT2D eigenvalue weighted by molar-refractivity contribution is 0.101. The third-order valence-corrected chi connectivity index (χ3v) is 3.48. The van der Waals surface area contributed by atoms with E-state index >= 15 is 0 Å². The highest BCUT2D eigenvalue weighted by atomic mass is 32.1. The van der Waals surface area contributed by atoms with Crippen molar-refractivity contribution in [3.05, 3.63) is 52.0 Å². The standard InChI is InChI=1S/C13H10FNO2S/c1-8(16)11-6-7-12(18-11)13(17)15-10-5-3-2-4-9(10)14/h2-7H,1H3,(H,15,17). The topological polar surface area (TPSA) is 46.2 Å². The van der Waals surface area contributed by atoms with E-state index in [-0.39, 0.29) is 11.5 Å². The number of benzene rings is 1. The van der Waals surface area contributed by atoms with Crippen LogP contribution in [0.4, 0.5) is 10.1 Å². The Labute approximate surface area is 107 Å². The van der Waals surface area contributed by atoms with Gasteiger partial charge in [-0.25, -0.2) is 4.39 Å². The van der Waals surface area contributed by atoms with Crippen molar-refractivity contribution >= 4 is 28.7 Å². The molecule has 0 saturated heterocycles. The van der Waals surface area contributed by atoms with Crippen LogP contribution >= 0.6 is 11.3 Å². The Morgan fingerprint density at radius 2 is 1.78 bits per heavy atom. The van der Waals surface area contributed by atoms with Gasteiger partial charge in [0.2, 0.25) is 0 Å². The van der Waals surface area contributed by atoms with E-state index in [9.17, 15) is 14.0 Å².